The maximum atomic E-state index is 11.9. The van der Waals surface area contributed by atoms with Gasteiger partial charge in [0.25, 0.3) is 0 Å². The molecule has 1 saturated heterocycles. The van der Waals surface area contributed by atoms with Crippen molar-refractivity contribution in [2.24, 2.45) is 0 Å². The van der Waals surface area contributed by atoms with E-state index in [9.17, 15) is 35.4 Å². The Bertz CT molecular complexity index is 565. The molecule has 2 rings (SSSR count). The van der Waals surface area contributed by atoms with E-state index in [1.165, 1.54) is 0 Å². The smallest absolute Gasteiger partial charge is 0.338 e. The van der Waals surface area contributed by atoms with Crippen LogP contribution < -0.4 is 0 Å². The van der Waals surface area contributed by atoms with Gasteiger partial charge >= 0.3 is 5.97 Å². The highest BCUT2D eigenvalue weighted by Crippen LogP contribution is 2.35. The average Bonchev–Trinajstić information content (AvgIpc) is 2.51. The van der Waals surface area contributed by atoms with Gasteiger partial charge in [-0.15, -0.1) is 0 Å². The van der Waals surface area contributed by atoms with Crippen LogP contribution in [0.15, 0.2) is 12.1 Å². The molecule has 0 bridgehead atoms. The van der Waals surface area contributed by atoms with Crippen LogP contribution in [0.1, 0.15) is 10.4 Å². The summed E-state index contributed by atoms with van der Waals surface area (Å²) in [5, 5.41) is 66.0. The third-order valence-electron chi connectivity index (χ3n) is 3.39. The quantitative estimate of drug-likeness (QED) is 0.236. The molecule has 1 fully saturated rings. The number of aliphatic hydroxyl groups is 4. The zero-order valence-corrected chi connectivity index (χ0v) is 11.6. The van der Waals surface area contributed by atoms with Gasteiger partial charge in [0.1, 0.15) is 18.3 Å². The summed E-state index contributed by atoms with van der Waals surface area (Å²) in [4.78, 5) is 11.9. The van der Waals surface area contributed by atoms with E-state index in [-0.39, 0.29) is 5.56 Å². The zero-order valence-electron chi connectivity index (χ0n) is 11.6. The van der Waals surface area contributed by atoms with Crippen LogP contribution in [0, 0.1) is 0 Å². The van der Waals surface area contributed by atoms with Gasteiger partial charge in [-0.25, -0.2) is 4.79 Å². The predicted molar refractivity (Wildman–Crippen MR) is 70.6 cm³/mol. The summed E-state index contributed by atoms with van der Waals surface area (Å²) >= 11 is 0. The largest absolute Gasteiger partial charge is 0.504 e. The third-order valence-corrected chi connectivity index (χ3v) is 3.39. The molecule has 5 atom stereocenters. The Morgan fingerprint density at radius 1 is 1.09 bits per heavy atom. The predicted octanol–water partition coefficient (Wildman–Crippen LogP) is -2.24. The van der Waals surface area contributed by atoms with Crippen molar-refractivity contribution in [1.82, 2.24) is 0 Å². The molecule has 0 spiro atoms. The fourth-order valence-electron chi connectivity index (χ4n) is 2.11. The van der Waals surface area contributed by atoms with Gasteiger partial charge < -0.3 is 45.2 Å². The number of hydrogen-bond donors (Lipinski definition) is 7. The highest BCUT2D eigenvalue weighted by molar-refractivity contribution is 5.91. The second-order valence-electron chi connectivity index (χ2n) is 4.96. The Hall–Kier alpha value is -2.11. The minimum absolute atomic E-state index is 0.379. The van der Waals surface area contributed by atoms with Crippen molar-refractivity contribution in [3.8, 4) is 17.2 Å². The summed E-state index contributed by atoms with van der Waals surface area (Å²) in [5.41, 5.74) is -0.379. The fourth-order valence-corrected chi connectivity index (χ4v) is 2.11. The molecule has 0 saturated carbocycles. The fraction of sp³-hybridized carbons (Fsp3) is 0.462. The second kappa shape index (κ2) is 6.56. The Balaban J connectivity index is 2.16. The number of hydrogen-bond acceptors (Lipinski definition) is 10. The molecule has 0 unspecified atom stereocenters. The number of aromatic hydroxyl groups is 3. The molecule has 7 N–H and O–H groups in total. The molecule has 23 heavy (non-hydrogen) atoms. The number of carbonyl (C=O) groups excluding carboxylic acids is 1. The summed E-state index contributed by atoms with van der Waals surface area (Å²) in [6.07, 6.45) is -8.08. The molecule has 0 amide bonds. The SMILES string of the molecule is O=C(O[C@@H]1[C@@H](O)[C@H](O)[C@@H](CO)O[C@@H]1O)c1cc(O)c(O)c(O)c1. The van der Waals surface area contributed by atoms with Crippen molar-refractivity contribution >= 4 is 5.97 Å². The molecule has 1 heterocycles. The number of esters is 1. The molecule has 1 aliphatic heterocycles. The Morgan fingerprint density at radius 3 is 2.17 bits per heavy atom. The van der Waals surface area contributed by atoms with E-state index in [0.717, 1.165) is 12.1 Å². The highest BCUT2D eigenvalue weighted by Gasteiger charge is 2.46. The summed E-state index contributed by atoms with van der Waals surface area (Å²) in [6.45, 7) is -0.671. The Morgan fingerprint density at radius 2 is 1.65 bits per heavy atom. The lowest BCUT2D eigenvalue weighted by atomic mass is 9.99. The molecule has 1 aromatic carbocycles. The first-order valence-corrected chi connectivity index (χ1v) is 6.52. The van der Waals surface area contributed by atoms with Gasteiger partial charge in [0.15, 0.2) is 29.6 Å². The van der Waals surface area contributed by atoms with Crippen LogP contribution in [0.2, 0.25) is 0 Å². The Labute approximate surface area is 129 Å². The average molecular weight is 332 g/mol. The van der Waals surface area contributed by atoms with Gasteiger partial charge in [-0.05, 0) is 12.1 Å². The maximum absolute atomic E-state index is 11.9. The molecular formula is C13H16O10. The van der Waals surface area contributed by atoms with Crippen molar-refractivity contribution < 1.29 is 50.0 Å². The monoisotopic (exact) mass is 332 g/mol. The highest BCUT2D eigenvalue weighted by atomic mass is 16.7. The van der Waals surface area contributed by atoms with Crippen LogP contribution in [-0.4, -0.2) is 79.0 Å². The van der Waals surface area contributed by atoms with E-state index in [1.54, 1.807) is 0 Å². The van der Waals surface area contributed by atoms with E-state index >= 15 is 0 Å². The number of phenols is 3. The van der Waals surface area contributed by atoms with E-state index in [4.69, 9.17) is 14.6 Å². The molecular weight excluding hydrogens is 316 g/mol. The van der Waals surface area contributed by atoms with Crippen LogP contribution >= 0.6 is 0 Å². The van der Waals surface area contributed by atoms with Crippen LogP contribution in [0.4, 0.5) is 0 Å². The molecule has 10 heteroatoms. The van der Waals surface area contributed by atoms with E-state index in [0.29, 0.717) is 0 Å². The molecule has 1 aromatic rings. The summed E-state index contributed by atoms with van der Waals surface area (Å²) in [6, 6.07) is 1.60. The first-order chi connectivity index (χ1) is 10.8. The standard InChI is InChI=1S/C13H16O10/c14-3-7-9(18)10(19)11(13(21)22-7)23-12(20)4-1-5(15)8(17)6(16)2-4/h1-2,7,9-11,13-19,21H,3H2/t7-,9-,10+,11-,13+/m1/s1. The zero-order chi connectivity index (χ0) is 17.3. The normalized spacial score (nSPS) is 30.9. The minimum Gasteiger partial charge on any atom is -0.504 e. The van der Waals surface area contributed by atoms with Crippen LogP contribution in [-0.2, 0) is 9.47 Å². The van der Waals surface area contributed by atoms with E-state index in [2.05, 4.69) is 0 Å². The van der Waals surface area contributed by atoms with Gasteiger partial charge in [0.05, 0.1) is 12.2 Å². The van der Waals surface area contributed by atoms with Crippen molar-refractivity contribution in [3.63, 3.8) is 0 Å². The van der Waals surface area contributed by atoms with Gasteiger partial charge in [-0.1, -0.05) is 0 Å². The molecule has 10 nitrogen and oxygen atoms in total. The van der Waals surface area contributed by atoms with Gasteiger partial charge in [0, 0.05) is 0 Å². The third kappa shape index (κ3) is 3.30. The van der Waals surface area contributed by atoms with Gasteiger partial charge in [0.2, 0.25) is 0 Å². The lowest BCUT2D eigenvalue weighted by Gasteiger charge is -2.39. The van der Waals surface area contributed by atoms with Crippen LogP contribution in [0.5, 0.6) is 17.2 Å². The first kappa shape index (κ1) is 17.2. The molecule has 0 aliphatic carbocycles. The summed E-state index contributed by atoms with van der Waals surface area (Å²) in [5.74, 6) is -3.56. The van der Waals surface area contributed by atoms with Crippen molar-refractivity contribution in [1.29, 1.82) is 0 Å². The van der Waals surface area contributed by atoms with E-state index in [1.807, 2.05) is 0 Å². The number of rotatable bonds is 3. The number of aliphatic hydroxyl groups excluding tert-OH is 4. The summed E-state index contributed by atoms with van der Waals surface area (Å²) < 4.78 is 9.62. The van der Waals surface area contributed by atoms with Crippen molar-refractivity contribution in [2.75, 3.05) is 6.61 Å². The molecule has 0 radical (unpaired) electrons. The van der Waals surface area contributed by atoms with Gasteiger partial charge in [-0.2, -0.15) is 0 Å². The number of phenolic OH excluding ortho intramolecular Hbond substituents is 3. The molecule has 1 aliphatic rings. The Kier molecular flexibility index (Phi) is 4.92. The topological polar surface area (TPSA) is 177 Å². The summed E-state index contributed by atoms with van der Waals surface area (Å²) in [7, 11) is 0. The number of carbonyl (C=O) groups is 1. The lowest BCUT2D eigenvalue weighted by Crippen LogP contribution is -2.59. The van der Waals surface area contributed by atoms with Crippen molar-refractivity contribution in [2.45, 2.75) is 30.7 Å². The number of ether oxygens (including phenoxy) is 2. The lowest BCUT2D eigenvalue weighted by molar-refractivity contribution is -0.285. The maximum Gasteiger partial charge on any atom is 0.338 e. The van der Waals surface area contributed by atoms with Crippen LogP contribution in [0.25, 0.3) is 0 Å². The molecule has 128 valence electrons. The van der Waals surface area contributed by atoms with Crippen molar-refractivity contribution in [3.05, 3.63) is 17.7 Å². The number of benzene rings is 1. The first-order valence-electron chi connectivity index (χ1n) is 6.52. The second-order valence-corrected chi connectivity index (χ2v) is 4.96. The van der Waals surface area contributed by atoms with Gasteiger partial charge in [-0.3, -0.25) is 0 Å². The van der Waals surface area contributed by atoms with E-state index < -0.39 is 60.5 Å². The van der Waals surface area contributed by atoms with Crippen LogP contribution in [0.3, 0.4) is 0 Å². The minimum atomic E-state index is -1.81. The molecule has 0 aromatic heterocycles.